The zero-order valence-electron chi connectivity index (χ0n) is 9.23. The second-order valence-electron chi connectivity index (χ2n) is 4.76. The van der Waals surface area contributed by atoms with Crippen molar-refractivity contribution in [3.05, 3.63) is 0 Å². The van der Waals surface area contributed by atoms with Crippen LogP contribution >= 0.6 is 0 Å². The third kappa shape index (κ3) is 2.28. The highest BCUT2D eigenvalue weighted by Gasteiger charge is 2.37. The molecule has 0 amide bonds. The normalized spacial score (nSPS) is 34.8. The minimum absolute atomic E-state index is 0.154. The fourth-order valence-corrected chi connectivity index (χ4v) is 4.00. The Morgan fingerprint density at radius 1 is 1.29 bits per heavy atom. The Kier molecular flexibility index (Phi) is 3.58. The molecule has 3 atom stereocenters. The van der Waals surface area contributed by atoms with Crippen LogP contribution in [0.2, 0.25) is 0 Å². The molecule has 3 nitrogen and oxygen atoms in total. The minimum Gasteiger partial charge on any atom is -0.327 e. The predicted molar refractivity (Wildman–Crippen MR) is 58.8 cm³/mol. The van der Waals surface area contributed by atoms with Gasteiger partial charge in [-0.1, -0.05) is 6.92 Å². The average molecular weight is 219 g/mol. The van der Waals surface area contributed by atoms with Crippen LogP contribution in [0.1, 0.15) is 40.0 Å². The maximum absolute atomic E-state index is 12.0. The lowest BCUT2D eigenvalue weighted by molar-refractivity contribution is 0.345. The van der Waals surface area contributed by atoms with Gasteiger partial charge in [0, 0.05) is 6.04 Å². The number of rotatable bonds is 2. The first-order valence-electron chi connectivity index (χ1n) is 5.34. The van der Waals surface area contributed by atoms with E-state index in [1.54, 1.807) is 13.8 Å². The molecule has 0 aromatic carbocycles. The molecule has 0 aromatic rings. The van der Waals surface area contributed by atoms with Crippen molar-refractivity contribution in [2.24, 2.45) is 11.7 Å². The summed E-state index contributed by atoms with van der Waals surface area (Å²) in [5.41, 5.74) is 5.89. The third-order valence-corrected chi connectivity index (χ3v) is 5.88. The Hall–Kier alpha value is -0.0900. The first kappa shape index (κ1) is 12.0. The minimum atomic E-state index is -3.01. The van der Waals surface area contributed by atoms with E-state index in [-0.39, 0.29) is 16.5 Å². The molecule has 0 bridgehead atoms. The largest absolute Gasteiger partial charge is 0.327 e. The van der Waals surface area contributed by atoms with E-state index >= 15 is 0 Å². The van der Waals surface area contributed by atoms with Gasteiger partial charge in [-0.05, 0) is 39.0 Å². The molecule has 84 valence electrons. The summed E-state index contributed by atoms with van der Waals surface area (Å²) >= 11 is 0. The van der Waals surface area contributed by atoms with Crippen molar-refractivity contribution in [2.45, 2.75) is 56.6 Å². The Bertz CT molecular complexity index is 284. The van der Waals surface area contributed by atoms with Crippen molar-refractivity contribution in [3.8, 4) is 0 Å². The lowest BCUT2D eigenvalue weighted by Crippen LogP contribution is -2.47. The van der Waals surface area contributed by atoms with Gasteiger partial charge in [0.15, 0.2) is 9.84 Å². The Morgan fingerprint density at radius 2 is 1.86 bits per heavy atom. The van der Waals surface area contributed by atoms with Gasteiger partial charge in [0.25, 0.3) is 0 Å². The predicted octanol–water partition coefficient (Wildman–Crippen LogP) is 1.33. The molecule has 14 heavy (non-hydrogen) atoms. The van der Waals surface area contributed by atoms with Crippen LogP contribution < -0.4 is 5.73 Å². The summed E-state index contributed by atoms with van der Waals surface area (Å²) in [5, 5.41) is -0.616. The maximum atomic E-state index is 12.0. The van der Waals surface area contributed by atoms with Crippen molar-refractivity contribution in [2.75, 3.05) is 0 Å². The van der Waals surface area contributed by atoms with E-state index in [0.717, 1.165) is 19.3 Å². The first-order chi connectivity index (χ1) is 6.35. The van der Waals surface area contributed by atoms with E-state index in [1.807, 2.05) is 0 Å². The second-order valence-corrected chi connectivity index (χ2v) is 7.48. The fourth-order valence-electron chi connectivity index (χ4n) is 2.08. The van der Waals surface area contributed by atoms with E-state index in [4.69, 9.17) is 5.73 Å². The van der Waals surface area contributed by atoms with Crippen molar-refractivity contribution in [1.29, 1.82) is 0 Å². The van der Waals surface area contributed by atoms with Gasteiger partial charge in [0.05, 0.1) is 10.5 Å². The van der Waals surface area contributed by atoms with Gasteiger partial charge in [-0.3, -0.25) is 0 Å². The van der Waals surface area contributed by atoms with Crippen molar-refractivity contribution in [1.82, 2.24) is 0 Å². The number of hydrogen-bond acceptors (Lipinski definition) is 3. The SMILES string of the molecule is CC1CCC(N)C(S(=O)(=O)C(C)C)C1. The van der Waals surface area contributed by atoms with Crippen LogP contribution in [-0.2, 0) is 9.84 Å². The van der Waals surface area contributed by atoms with Gasteiger partial charge in [0.1, 0.15) is 0 Å². The molecule has 3 unspecified atom stereocenters. The van der Waals surface area contributed by atoms with Crippen LogP contribution in [0.4, 0.5) is 0 Å². The van der Waals surface area contributed by atoms with Crippen LogP contribution in [0, 0.1) is 5.92 Å². The summed E-state index contributed by atoms with van der Waals surface area (Å²) in [6, 6.07) is -0.154. The fraction of sp³-hybridized carbons (Fsp3) is 1.00. The smallest absolute Gasteiger partial charge is 0.157 e. The average Bonchev–Trinajstić information content (AvgIpc) is 2.08. The van der Waals surface area contributed by atoms with Gasteiger partial charge in [-0.25, -0.2) is 8.42 Å². The van der Waals surface area contributed by atoms with Crippen LogP contribution in [-0.4, -0.2) is 25.0 Å². The first-order valence-corrected chi connectivity index (χ1v) is 6.95. The van der Waals surface area contributed by atoms with E-state index in [2.05, 4.69) is 6.92 Å². The molecule has 1 rings (SSSR count). The molecular weight excluding hydrogens is 198 g/mol. The van der Waals surface area contributed by atoms with Gasteiger partial charge >= 0.3 is 0 Å². The summed E-state index contributed by atoms with van der Waals surface area (Å²) in [4.78, 5) is 0. The standard InChI is InChI=1S/C10H21NO2S/c1-7(2)14(12,13)10-6-8(3)4-5-9(10)11/h7-10H,4-6,11H2,1-3H3. The van der Waals surface area contributed by atoms with Crippen LogP contribution in [0.25, 0.3) is 0 Å². The lowest BCUT2D eigenvalue weighted by Gasteiger charge is -2.33. The summed E-state index contributed by atoms with van der Waals surface area (Å²) in [6.07, 6.45) is 2.64. The molecule has 0 radical (unpaired) electrons. The zero-order valence-corrected chi connectivity index (χ0v) is 10.0. The molecule has 1 aliphatic carbocycles. The second kappa shape index (κ2) is 4.19. The van der Waals surface area contributed by atoms with Crippen LogP contribution in [0.15, 0.2) is 0 Å². The van der Waals surface area contributed by atoms with Gasteiger partial charge in [-0.2, -0.15) is 0 Å². The van der Waals surface area contributed by atoms with Crippen LogP contribution in [0.5, 0.6) is 0 Å². The molecule has 0 aliphatic heterocycles. The molecule has 0 aromatic heterocycles. The molecule has 1 aliphatic rings. The summed E-state index contributed by atoms with van der Waals surface area (Å²) < 4.78 is 23.9. The molecule has 0 saturated heterocycles. The zero-order chi connectivity index (χ0) is 10.9. The van der Waals surface area contributed by atoms with Crippen molar-refractivity contribution in [3.63, 3.8) is 0 Å². The van der Waals surface area contributed by atoms with Crippen molar-refractivity contribution < 1.29 is 8.42 Å². The van der Waals surface area contributed by atoms with E-state index in [9.17, 15) is 8.42 Å². The molecule has 2 N–H and O–H groups in total. The monoisotopic (exact) mass is 219 g/mol. The Labute approximate surface area is 87.0 Å². The third-order valence-electron chi connectivity index (χ3n) is 3.18. The van der Waals surface area contributed by atoms with Crippen molar-refractivity contribution >= 4 is 9.84 Å². The highest BCUT2D eigenvalue weighted by Crippen LogP contribution is 2.29. The highest BCUT2D eigenvalue weighted by atomic mass is 32.2. The summed E-state index contributed by atoms with van der Waals surface area (Å²) in [7, 11) is -3.01. The quantitative estimate of drug-likeness (QED) is 0.762. The van der Waals surface area contributed by atoms with Gasteiger partial charge in [0.2, 0.25) is 0 Å². The Morgan fingerprint density at radius 3 is 2.36 bits per heavy atom. The number of nitrogens with two attached hydrogens (primary N) is 1. The molecule has 0 heterocycles. The number of hydrogen-bond donors (Lipinski definition) is 1. The molecule has 1 saturated carbocycles. The van der Waals surface area contributed by atoms with Gasteiger partial charge in [-0.15, -0.1) is 0 Å². The van der Waals surface area contributed by atoms with Crippen LogP contribution in [0.3, 0.4) is 0 Å². The molecule has 4 heteroatoms. The van der Waals surface area contributed by atoms with E-state index in [1.165, 1.54) is 0 Å². The molecular formula is C10H21NO2S. The van der Waals surface area contributed by atoms with E-state index < -0.39 is 9.84 Å². The maximum Gasteiger partial charge on any atom is 0.157 e. The van der Waals surface area contributed by atoms with Gasteiger partial charge < -0.3 is 5.73 Å². The highest BCUT2D eigenvalue weighted by molar-refractivity contribution is 7.92. The molecule has 1 fully saturated rings. The number of sulfone groups is 1. The van der Waals surface area contributed by atoms with E-state index in [0.29, 0.717) is 5.92 Å². The summed E-state index contributed by atoms with van der Waals surface area (Å²) in [5.74, 6) is 0.494. The lowest BCUT2D eigenvalue weighted by atomic mass is 9.87. The topological polar surface area (TPSA) is 60.2 Å². The molecule has 0 spiro atoms. The summed E-state index contributed by atoms with van der Waals surface area (Å²) in [6.45, 7) is 5.58. The Balaban J connectivity index is 2.85.